The third kappa shape index (κ3) is 4.75. The van der Waals surface area contributed by atoms with Gasteiger partial charge in [0.05, 0.1) is 18.5 Å². The van der Waals surface area contributed by atoms with Crippen molar-refractivity contribution in [2.75, 3.05) is 13.2 Å². The fourth-order valence-electron chi connectivity index (χ4n) is 2.93. The van der Waals surface area contributed by atoms with E-state index in [9.17, 15) is 4.57 Å². The second kappa shape index (κ2) is 9.44. The molecule has 0 bridgehead atoms. The summed E-state index contributed by atoms with van der Waals surface area (Å²) in [5.74, 6) is 0. The van der Waals surface area contributed by atoms with E-state index < -0.39 is 15.5 Å². The smallest absolute Gasteiger partial charge is 0.305 e. The molecular weight excluding hydrogens is 374 g/mol. The first-order chi connectivity index (χ1) is 13.2. The normalized spacial score (nSPS) is 11.7. The molecule has 0 radical (unpaired) electrons. The Hall–Kier alpha value is -1.76. The topological polar surface area (TPSA) is 35.5 Å². The minimum atomic E-state index is -3.31. The molecule has 3 rings (SSSR count). The van der Waals surface area contributed by atoms with Crippen molar-refractivity contribution in [3.05, 3.63) is 84.9 Å². The van der Waals surface area contributed by atoms with Crippen molar-refractivity contribution >= 4 is 36.7 Å². The van der Waals surface area contributed by atoms with Crippen LogP contribution in [-0.4, -0.2) is 13.2 Å². The van der Waals surface area contributed by atoms with Crippen LogP contribution in [0.5, 0.6) is 0 Å². The Morgan fingerprint density at radius 1 is 0.704 bits per heavy atom. The minimum absolute atomic E-state index is 0.341. The highest BCUT2D eigenvalue weighted by molar-refractivity contribution is 7.79. The van der Waals surface area contributed by atoms with E-state index in [1.165, 1.54) is 10.6 Å². The van der Waals surface area contributed by atoms with Gasteiger partial charge < -0.3 is 9.05 Å². The summed E-state index contributed by atoms with van der Waals surface area (Å²) in [6.07, 6.45) is 0. The van der Waals surface area contributed by atoms with Gasteiger partial charge in [0.2, 0.25) is 0 Å². The zero-order valence-electron chi connectivity index (χ0n) is 15.6. The van der Waals surface area contributed by atoms with Crippen molar-refractivity contribution in [3.63, 3.8) is 0 Å². The summed E-state index contributed by atoms with van der Waals surface area (Å²) >= 11 is 0. The Morgan fingerprint density at radius 3 is 1.67 bits per heavy atom. The van der Waals surface area contributed by atoms with E-state index in [2.05, 4.69) is 54.6 Å². The maximum absolute atomic E-state index is 13.2. The van der Waals surface area contributed by atoms with Gasteiger partial charge in [-0.3, -0.25) is 4.57 Å². The van der Waals surface area contributed by atoms with Crippen molar-refractivity contribution < 1.29 is 13.6 Å². The predicted octanol–water partition coefficient (Wildman–Crippen LogP) is 4.34. The largest absolute Gasteiger partial charge is 0.361 e. The highest BCUT2D eigenvalue weighted by Gasteiger charge is 2.28. The third-order valence-electron chi connectivity index (χ3n) is 4.03. The lowest BCUT2D eigenvalue weighted by Crippen LogP contribution is -2.23. The van der Waals surface area contributed by atoms with E-state index >= 15 is 0 Å². The molecule has 0 atom stereocenters. The van der Waals surface area contributed by atoms with Crippen LogP contribution in [0.3, 0.4) is 0 Å². The average Bonchev–Trinajstić information content (AvgIpc) is 2.71. The lowest BCUT2D eigenvalue weighted by Gasteiger charge is -2.22. The third-order valence-corrected chi connectivity index (χ3v) is 8.56. The Morgan fingerprint density at radius 2 is 1.19 bits per heavy atom. The molecule has 0 heterocycles. The van der Waals surface area contributed by atoms with Crippen LogP contribution in [0.15, 0.2) is 84.9 Å². The Bertz CT molecular complexity index is 848. The molecule has 0 unspecified atom stereocenters. The number of benzene rings is 3. The van der Waals surface area contributed by atoms with Crippen LogP contribution in [0.1, 0.15) is 13.8 Å². The zero-order valence-corrected chi connectivity index (χ0v) is 17.4. The second-order valence-electron chi connectivity index (χ2n) is 5.86. The molecule has 0 aliphatic heterocycles. The van der Waals surface area contributed by atoms with Gasteiger partial charge in [0.1, 0.15) is 0 Å². The van der Waals surface area contributed by atoms with E-state index in [1.807, 2.05) is 44.2 Å². The van der Waals surface area contributed by atoms with Gasteiger partial charge in [0, 0.05) is 0 Å². The highest BCUT2D eigenvalue weighted by Crippen LogP contribution is 2.47. The molecule has 0 aliphatic carbocycles. The number of hydrogen-bond donors (Lipinski definition) is 0. The van der Waals surface area contributed by atoms with Crippen LogP contribution in [-0.2, 0) is 13.6 Å². The van der Waals surface area contributed by atoms with Gasteiger partial charge in [0.25, 0.3) is 0 Å². The molecule has 140 valence electrons. The molecule has 27 heavy (non-hydrogen) atoms. The molecular formula is C22H24O3P2. The number of hydrogen-bond acceptors (Lipinski definition) is 3. The van der Waals surface area contributed by atoms with E-state index in [-0.39, 0.29) is 0 Å². The minimum Gasteiger partial charge on any atom is -0.305 e. The molecule has 0 aliphatic rings. The second-order valence-corrected chi connectivity index (χ2v) is 10.1. The molecule has 0 aromatic heterocycles. The first kappa shape index (κ1) is 20.0. The first-order valence-corrected chi connectivity index (χ1v) is 12.0. The van der Waals surface area contributed by atoms with Gasteiger partial charge >= 0.3 is 7.60 Å². The summed E-state index contributed by atoms with van der Waals surface area (Å²) in [6, 6.07) is 28.7. The van der Waals surface area contributed by atoms with E-state index in [1.54, 1.807) is 0 Å². The fourth-order valence-corrected chi connectivity index (χ4v) is 6.99. The molecule has 3 aromatic rings. The molecule has 0 spiro atoms. The lowest BCUT2D eigenvalue weighted by atomic mass is 10.3. The quantitative estimate of drug-likeness (QED) is 0.530. The number of rotatable bonds is 8. The molecule has 3 aromatic carbocycles. The van der Waals surface area contributed by atoms with Gasteiger partial charge in [-0.1, -0.05) is 72.8 Å². The van der Waals surface area contributed by atoms with Crippen molar-refractivity contribution in [1.82, 2.24) is 0 Å². The van der Waals surface area contributed by atoms with Crippen LogP contribution in [0.2, 0.25) is 0 Å². The zero-order chi connectivity index (χ0) is 19.1. The van der Waals surface area contributed by atoms with Crippen LogP contribution in [0.4, 0.5) is 0 Å². The SMILES string of the molecule is CCOP(=O)(OCC)c1cccc(P(c2ccccc2)c2ccccc2)c1. The van der Waals surface area contributed by atoms with Crippen LogP contribution < -0.4 is 21.2 Å². The molecule has 0 N–H and O–H groups in total. The van der Waals surface area contributed by atoms with E-state index in [4.69, 9.17) is 9.05 Å². The van der Waals surface area contributed by atoms with Crippen molar-refractivity contribution in [1.29, 1.82) is 0 Å². The van der Waals surface area contributed by atoms with Crippen LogP contribution in [0.25, 0.3) is 0 Å². The predicted molar refractivity (Wildman–Crippen MR) is 116 cm³/mol. The summed E-state index contributed by atoms with van der Waals surface area (Å²) in [4.78, 5) is 0. The van der Waals surface area contributed by atoms with Crippen molar-refractivity contribution in [3.8, 4) is 0 Å². The van der Waals surface area contributed by atoms with Crippen LogP contribution in [0, 0.1) is 0 Å². The monoisotopic (exact) mass is 398 g/mol. The molecule has 0 fully saturated rings. The van der Waals surface area contributed by atoms with E-state index in [0.717, 1.165) is 5.30 Å². The highest BCUT2D eigenvalue weighted by atomic mass is 31.2. The standard InChI is InChI=1S/C22H24O3P2/c1-3-24-27(23,25-4-2)22-17-11-16-21(18-22)26(19-12-7-5-8-13-19)20-14-9-6-10-15-20/h5-18H,3-4H2,1-2H3. The van der Waals surface area contributed by atoms with E-state index in [0.29, 0.717) is 18.5 Å². The summed E-state index contributed by atoms with van der Waals surface area (Å²) in [7, 11) is -4.07. The molecule has 0 saturated heterocycles. The summed E-state index contributed by atoms with van der Waals surface area (Å²) in [6.45, 7) is 4.34. The Labute approximate surface area is 162 Å². The Kier molecular flexibility index (Phi) is 6.99. The van der Waals surface area contributed by atoms with Gasteiger partial charge in [-0.2, -0.15) is 0 Å². The van der Waals surface area contributed by atoms with Crippen molar-refractivity contribution in [2.24, 2.45) is 0 Å². The van der Waals surface area contributed by atoms with Gasteiger partial charge in [0.15, 0.2) is 0 Å². The summed E-state index contributed by atoms with van der Waals surface area (Å²) < 4.78 is 24.3. The van der Waals surface area contributed by atoms with Crippen LogP contribution >= 0.6 is 15.5 Å². The van der Waals surface area contributed by atoms with Gasteiger partial charge in [-0.15, -0.1) is 0 Å². The Balaban J connectivity index is 2.10. The maximum Gasteiger partial charge on any atom is 0.361 e. The molecule has 0 amide bonds. The van der Waals surface area contributed by atoms with Crippen molar-refractivity contribution in [2.45, 2.75) is 13.8 Å². The van der Waals surface area contributed by atoms with Gasteiger partial charge in [-0.05, 0) is 49.8 Å². The molecule has 0 saturated carbocycles. The fraction of sp³-hybridized carbons (Fsp3) is 0.182. The maximum atomic E-state index is 13.2. The summed E-state index contributed by atoms with van der Waals surface area (Å²) in [5.41, 5.74) is 0. The lowest BCUT2D eigenvalue weighted by molar-refractivity contribution is 0.230. The average molecular weight is 398 g/mol. The first-order valence-electron chi connectivity index (χ1n) is 9.08. The van der Waals surface area contributed by atoms with Gasteiger partial charge in [-0.25, -0.2) is 0 Å². The summed E-state index contributed by atoms with van der Waals surface area (Å²) in [5, 5.41) is 4.24. The molecule has 5 heteroatoms. The molecule has 3 nitrogen and oxygen atoms in total.